The van der Waals surface area contributed by atoms with Gasteiger partial charge in [-0.2, -0.15) is 13.2 Å². The SMILES string of the molecule is CCNC(=NCCN(C)CC(F)(F)F)NC1CCN(c2ccccc2)C1.I. The molecule has 0 radical (unpaired) electrons. The van der Waals surface area contributed by atoms with Crippen LogP contribution in [0.2, 0.25) is 0 Å². The largest absolute Gasteiger partial charge is 0.401 e. The van der Waals surface area contributed by atoms with Gasteiger partial charge in [-0.15, -0.1) is 24.0 Å². The number of hydrogen-bond donors (Lipinski definition) is 2. The molecule has 0 amide bonds. The van der Waals surface area contributed by atoms with E-state index in [1.54, 1.807) is 0 Å². The molecule has 1 unspecified atom stereocenters. The van der Waals surface area contributed by atoms with Gasteiger partial charge in [0.1, 0.15) is 0 Å². The predicted octanol–water partition coefficient (Wildman–Crippen LogP) is 2.93. The molecular weight excluding hydrogens is 470 g/mol. The van der Waals surface area contributed by atoms with Gasteiger partial charge in [-0.25, -0.2) is 0 Å². The summed E-state index contributed by atoms with van der Waals surface area (Å²) in [6.07, 6.45) is -3.18. The summed E-state index contributed by atoms with van der Waals surface area (Å²) >= 11 is 0. The highest BCUT2D eigenvalue weighted by Crippen LogP contribution is 2.19. The Bertz CT molecular complexity index is 568. The van der Waals surface area contributed by atoms with Crippen molar-refractivity contribution < 1.29 is 13.2 Å². The minimum Gasteiger partial charge on any atom is -0.369 e. The highest BCUT2D eigenvalue weighted by molar-refractivity contribution is 14.0. The van der Waals surface area contributed by atoms with Crippen LogP contribution in [-0.2, 0) is 0 Å². The van der Waals surface area contributed by atoms with Gasteiger partial charge in [0.05, 0.1) is 13.1 Å². The van der Waals surface area contributed by atoms with Gasteiger partial charge in [0, 0.05) is 37.9 Å². The van der Waals surface area contributed by atoms with Gasteiger partial charge in [0.25, 0.3) is 0 Å². The van der Waals surface area contributed by atoms with Crippen LogP contribution in [0.15, 0.2) is 35.3 Å². The molecule has 0 aromatic heterocycles. The highest BCUT2D eigenvalue weighted by atomic mass is 127. The molecule has 2 rings (SSSR count). The zero-order valence-corrected chi connectivity index (χ0v) is 18.1. The van der Waals surface area contributed by atoms with E-state index >= 15 is 0 Å². The highest BCUT2D eigenvalue weighted by Gasteiger charge is 2.29. The molecule has 27 heavy (non-hydrogen) atoms. The Morgan fingerprint density at radius 3 is 2.63 bits per heavy atom. The molecule has 1 atom stereocenters. The van der Waals surface area contributed by atoms with E-state index in [2.05, 4.69) is 32.7 Å². The smallest absolute Gasteiger partial charge is 0.369 e. The minimum atomic E-state index is -4.17. The van der Waals surface area contributed by atoms with Crippen LogP contribution in [0.25, 0.3) is 0 Å². The zero-order valence-electron chi connectivity index (χ0n) is 15.8. The minimum absolute atomic E-state index is 0. The maximum atomic E-state index is 12.4. The first-order valence-corrected chi connectivity index (χ1v) is 8.97. The normalized spacial score (nSPS) is 17.8. The van der Waals surface area contributed by atoms with Gasteiger partial charge in [-0.3, -0.25) is 9.89 Å². The summed E-state index contributed by atoms with van der Waals surface area (Å²) in [5.41, 5.74) is 1.20. The Kier molecular flexibility index (Phi) is 10.2. The van der Waals surface area contributed by atoms with Gasteiger partial charge >= 0.3 is 6.18 Å². The van der Waals surface area contributed by atoms with Crippen molar-refractivity contribution in [2.45, 2.75) is 25.6 Å². The Labute approximate surface area is 176 Å². The zero-order chi connectivity index (χ0) is 19.0. The van der Waals surface area contributed by atoms with Crippen LogP contribution in [0.3, 0.4) is 0 Å². The Morgan fingerprint density at radius 1 is 1.30 bits per heavy atom. The predicted molar refractivity (Wildman–Crippen MR) is 115 cm³/mol. The van der Waals surface area contributed by atoms with Crippen molar-refractivity contribution in [2.75, 3.05) is 51.2 Å². The first kappa shape index (κ1) is 23.8. The van der Waals surface area contributed by atoms with Crippen molar-refractivity contribution >= 4 is 35.6 Å². The second kappa shape index (κ2) is 11.6. The Balaban J connectivity index is 0.00000364. The molecule has 0 bridgehead atoms. The van der Waals surface area contributed by atoms with Crippen molar-refractivity contribution in [1.29, 1.82) is 0 Å². The number of para-hydroxylation sites is 1. The summed E-state index contributed by atoms with van der Waals surface area (Å²) in [5.74, 6) is 0.660. The molecule has 154 valence electrons. The molecule has 0 saturated carbocycles. The van der Waals surface area contributed by atoms with E-state index in [-0.39, 0.29) is 36.6 Å². The quantitative estimate of drug-likeness (QED) is 0.344. The van der Waals surface area contributed by atoms with Crippen molar-refractivity contribution in [2.24, 2.45) is 4.99 Å². The molecule has 1 aliphatic heterocycles. The lowest BCUT2D eigenvalue weighted by Gasteiger charge is -2.21. The molecule has 1 heterocycles. The van der Waals surface area contributed by atoms with Gasteiger partial charge in [-0.05, 0) is 32.5 Å². The fourth-order valence-electron chi connectivity index (χ4n) is 2.98. The molecule has 2 N–H and O–H groups in total. The number of nitrogens with one attached hydrogen (secondary N) is 2. The van der Waals surface area contributed by atoms with Crippen molar-refractivity contribution in [3.63, 3.8) is 0 Å². The molecule has 0 aliphatic carbocycles. The van der Waals surface area contributed by atoms with E-state index in [1.807, 2.05) is 25.1 Å². The standard InChI is InChI=1S/C18H28F3N5.HI/c1-3-22-17(23-10-12-25(2)14-18(19,20)21)24-15-9-11-26(13-15)16-7-5-4-6-8-16;/h4-8,15H,3,9-14H2,1-2H3,(H2,22,23,24);1H. The van der Waals surface area contributed by atoms with E-state index in [0.717, 1.165) is 19.5 Å². The van der Waals surface area contributed by atoms with E-state index in [0.29, 0.717) is 19.0 Å². The van der Waals surface area contributed by atoms with Crippen molar-refractivity contribution in [3.8, 4) is 0 Å². The fraction of sp³-hybridized carbons (Fsp3) is 0.611. The number of aliphatic imine (C=N–C) groups is 1. The second-order valence-electron chi connectivity index (χ2n) is 6.53. The number of halogens is 4. The lowest BCUT2D eigenvalue weighted by Crippen LogP contribution is -2.45. The van der Waals surface area contributed by atoms with Crippen molar-refractivity contribution in [1.82, 2.24) is 15.5 Å². The van der Waals surface area contributed by atoms with Crippen LogP contribution in [0.5, 0.6) is 0 Å². The Morgan fingerprint density at radius 2 is 2.00 bits per heavy atom. The third-order valence-electron chi connectivity index (χ3n) is 4.20. The topological polar surface area (TPSA) is 42.9 Å². The first-order chi connectivity index (χ1) is 12.4. The molecule has 1 aliphatic rings. The summed E-state index contributed by atoms with van der Waals surface area (Å²) in [4.78, 5) is 7.97. The van der Waals surface area contributed by atoms with Crippen LogP contribution in [0.4, 0.5) is 18.9 Å². The summed E-state index contributed by atoms with van der Waals surface area (Å²) < 4.78 is 37.1. The van der Waals surface area contributed by atoms with E-state index < -0.39 is 12.7 Å². The number of nitrogens with zero attached hydrogens (tertiary/aromatic N) is 3. The summed E-state index contributed by atoms with van der Waals surface area (Å²) in [6.45, 7) is 4.18. The number of benzene rings is 1. The summed E-state index contributed by atoms with van der Waals surface area (Å²) in [7, 11) is 1.46. The molecule has 0 spiro atoms. The van der Waals surface area contributed by atoms with Crippen LogP contribution >= 0.6 is 24.0 Å². The Hall–Kier alpha value is -1.23. The third-order valence-corrected chi connectivity index (χ3v) is 4.20. The van der Waals surface area contributed by atoms with Gasteiger partial charge in [-0.1, -0.05) is 18.2 Å². The van der Waals surface area contributed by atoms with Crippen LogP contribution in [0, 0.1) is 0 Å². The number of guanidine groups is 1. The number of likely N-dealkylation sites (N-methyl/N-ethyl adjacent to an activating group) is 1. The number of rotatable bonds is 7. The molecule has 5 nitrogen and oxygen atoms in total. The average molecular weight is 499 g/mol. The van der Waals surface area contributed by atoms with E-state index in [9.17, 15) is 13.2 Å². The third kappa shape index (κ3) is 9.00. The van der Waals surface area contributed by atoms with Gasteiger partial charge in [0.2, 0.25) is 0 Å². The maximum absolute atomic E-state index is 12.4. The molecule has 1 aromatic carbocycles. The molecule has 1 saturated heterocycles. The lowest BCUT2D eigenvalue weighted by molar-refractivity contribution is -0.142. The number of anilines is 1. The van der Waals surface area contributed by atoms with Crippen LogP contribution in [-0.4, -0.2) is 69.4 Å². The molecule has 1 fully saturated rings. The molecule has 1 aromatic rings. The van der Waals surface area contributed by atoms with Gasteiger partial charge < -0.3 is 15.5 Å². The molecule has 9 heteroatoms. The number of hydrogen-bond acceptors (Lipinski definition) is 3. The summed E-state index contributed by atoms with van der Waals surface area (Å²) in [5, 5.41) is 6.56. The lowest BCUT2D eigenvalue weighted by atomic mass is 10.3. The monoisotopic (exact) mass is 499 g/mol. The van der Waals surface area contributed by atoms with E-state index in [4.69, 9.17) is 0 Å². The van der Waals surface area contributed by atoms with Gasteiger partial charge in [0.15, 0.2) is 5.96 Å². The van der Waals surface area contributed by atoms with Crippen LogP contribution in [0.1, 0.15) is 13.3 Å². The maximum Gasteiger partial charge on any atom is 0.401 e. The number of alkyl halides is 3. The second-order valence-corrected chi connectivity index (χ2v) is 6.53. The average Bonchev–Trinajstić information content (AvgIpc) is 3.03. The summed E-state index contributed by atoms with van der Waals surface area (Å²) in [6, 6.07) is 10.5. The van der Waals surface area contributed by atoms with Crippen LogP contribution < -0.4 is 15.5 Å². The van der Waals surface area contributed by atoms with E-state index in [1.165, 1.54) is 17.6 Å². The first-order valence-electron chi connectivity index (χ1n) is 8.97. The van der Waals surface area contributed by atoms with Crippen molar-refractivity contribution in [3.05, 3.63) is 30.3 Å². The fourth-order valence-corrected chi connectivity index (χ4v) is 2.98. The molecular formula is C18H29F3IN5.